The fraction of sp³-hybridized carbons (Fsp3) is 0.200. The highest BCUT2D eigenvalue weighted by atomic mass is 79.9. The first-order valence-electron chi connectivity index (χ1n) is 4.61. The van der Waals surface area contributed by atoms with E-state index >= 15 is 0 Å². The summed E-state index contributed by atoms with van der Waals surface area (Å²) in [4.78, 5) is 4.06. The van der Waals surface area contributed by atoms with E-state index in [1.54, 1.807) is 12.3 Å². The van der Waals surface area contributed by atoms with Crippen molar-refractivity contribution >= 4 is 21.8 Å². The Labute approximate surface area is 102 Å². The van der Waals surface area contributed by atoms with E-state index in [1.807, 2.05) is 6.07 Å². The van der Waals surface area contributed by atoms with E-state index in [-0.39, 0.29) is 5.84 Å². The average Bonchev–Trinajstić information content (AvgIpc) is 2.28. The summed E-state index contributed by atoms with van der Waals surface area (Å²) >= 11 is 3.25. The van der Waals surface area contributed by atoms with Crippen LogP contribution in [0.3, 0.4) is 0 Å². The summed E-state index contributed by atoms with van der Waals surface area (Å²) in [5.41, 5.74) is 6.86. The van der Waals surface area contributed by atoms with E-state index in [9.17, 15) is 0 Å². The summed E-state index contributed by atoms with van der Waals surface area (Å²) < 4.78 is 0.863. The lowest BCUT2D eigenvalue weighted by atomic mass is 10.2. The van der Waals surface area contributed by atoms with Crippen molar-refractivity contribution in [1.29, 1.82) is 0 Å². The lowest BCUT2D eigenvalue weighted by Gasteiger charge is -2.07. The van der Waals surface area contributed by atoms with Crippen LogP contribution in [0.5, 0.6) is 0 Å². The highest BCUT2D eigenvalue weighted by Gasteiger charge is 2.07. The molecule has 1 aromatic heterocycles. The molecular formula is C10H13BrN4O. The van der Waals surface area contributed by atoms with Gasteiger partial charge in [0.05, 0.1) is 0 Å². The first-order valence-corrected chi connectivity index (χ1v) is 5.40. The minimum absolute atomic E-state index is 0.00932. The number of hydrogen-bond donors (Lipinski definition) is 3. The van der Waals surface area contributed by atoms with Gasteiger partial charge in [-0.1, -0.05) is 33.7 Å². The number of halogens is 1. The predicted octanol–water partition coefficient (Wildman–Crippen LogP) is 1.17. The third kappa shape index (κ3) is 3.63. The van der Waals surface area contributed by atoms with Gasteiger partial charge in [0.15, 0.2) is 5.84 Å². The van der Waals surface area contributed by atoms with Crippen LogP contribution in [-0.4, -0.2) is 22.6 Å². The number of amidine groups is 1. The quantitative estimate of drug-likeness (QED) is 0.328. The Morgan fingerprint density at radius 2 is 2.44 bits per heavy atom. The van der Waals surface area contributed by atoms with E-state index in [0.717, 1.165) is 10.0 Å². The fourth-order valence-electron chi connectivity index (χ4n) is 1.19. The molecule has 0 bridgehead atoms. The van der Waals surface area contributed by atoms with Gasteiger partial charge in [0.25, 0.3) is 0 Å². The van der Waals surface area contributed by atoms with Gasteiger partial charge in [0, 0.05) is 23.8 Å². The molecule has 0 saturated heterocycles. The van der Waals surface area contributed by atoms with E-state index in [0.29, 0.717) is 18.8 Å². The van der Waals surface area contributed by atoms with Crippen LogP contribution in [0, 0.1) is 0 Å². The highest BCUT2D eigenvalue weighted by molar-refractivity contribution is 9.11. The average molecular weight is 285 g/mol. The summed E-state index contributed by atoms with van der Waals surface area (Å²) in [6.07, 6.45) is 1.60. The Kier molecular flexibility index (Phi) is 4.94. The maximum Gasteiger partial charge on any atom is 0.189 e. The van der Waals surface area contributed by atoms with Crippen LogP contribution < -0.4 is 11.1 Å². The maximum atomic E-state index is 8.61. The smallest absolute Gasteiger partial charge is 0.189 e. The molecule has 1 heterocycles. The van der Waals surface area contributed by atoms with E-state index in [1.165, 1.54) is 0 Å². The Morgan fingerprint density at radius 3 is 3.06 bits per heavy atom. The molecule has 0 atom stereocenters. The second-order valence-electron chi connectivity index (χ2n) is 3.12. The molecule has 5 nitrogen and oxygen atoms in total. The van der Waals surface area contributed by atoms with Crippen LogP contribution in [0.1, 0.15) is 11.3 Å². The van der Waals surface area contributed by atoms with Crippen molar-refractivity contribution in [3.8, 4) is 0 Å². The van der Waals surface area contributed by atoms with Gasteiger partial charge in [-0.2, -0.15) is 0 Å². The normalized spacial score (nSPS) is 11.4. The van der Waals surface area contributed by atoms with Crippen molar-refractivity contribution < 1.29 is 5.21 Å². The zero-order valence-electron chi connectivity index (χ0n) is 8.65. The SMILES string of the molecule is C=C(Br)CNCc1cccnc1/C(N)=N\O. The highest BCUT2D eigenvalue weighted by Crippen LogP contribution is 2.05. The number of oxime groups is 1. The summed E-state index contributed by atoms with van der Waals surface area (Å²) in [7, 11) is 0. The summed E-state index contributed by atoms with van der Waals surface area (Å²) in [6.45, 7) is 4.93. The van der Waals surface area contributed by atoms with Crippen LogP contribution in [0.4, 0.5) is 0 Å². The maximum absolute atomic E-state index is 8.61. The third-order valence-corrected chi connectivity index (χ3v) is 2.15. The fourth-order valence-corrected chi connectivity index (χ4v) is 1.39. The van der Waals surface area contributed by atoms with Crippen molar-refractivity contribution in [3.05, 3.63) is 40.6 Å². The van der Waals surface area contributed by atoms with Crippen LogP contribution in [-0.2, 0) is 6.54 Å². The predicted molar refractivity (Wildman–Crippen MR) is 66.5 cm³/mol. The molecule has 0 aromatic carbocycles. The second kappa shape index (κ2) is 6.24. The van der Waals surface area contributed by atoms with E-state index < -0.39 is 0 Å². The summed E-state index contributed by atoms with van der Waals surface area (Å²) in [6, 6.07) is 3.67. The molecule has 0 amide bonds. The van der Waals surface area contributed by atoms with Gasteiger partial charge < -0.3 is 16.3 Å². The monoisotopic (exact) mass is 284 g/mol. The molecule has 0 aliphatic carbocycles. The number of hydrogen-bond acceptors (Lipinski definition) is 4. The molecule has 0 spiro atoms. The lowest BCUT2D eigenvalue weighted by Crippen LogP contribution is -2.21. The van der Waals surface area contributed by atoms with Crippen LogP contribution in [0.15, 0.2) is 34.5 Å². The molecule has 0 radical (unpaired) electrons. The summed E-state index contributed by atoms with van der Waals surface area (Å²) in [5.74, 6) is 0.00932. The number of nitrogens with two attached hydrogens (primary N) is 1. The molecule has 0 unspecified atom stereocenters. The zero-order chi connectivity index (χ0) is 12.0. The number of nitrogens with one attached hydrogen (secondary N) is 1. The van der Waals surface area contributed by atoms with Crippen molar-refractivity contribution in [2.75, 3.05) is 6.54 Å². The molecule has 0 saturated carbocycles. The van der Waals surface area contributed by atoms with Crippen LogP contribution in [0.2, 0.25) is 0 Å². The van der Waals surface area contributed by atoms with Crippen LogP contribution in [0.25, 0.3) is 0 Å². The molecule has 86 valence electrons. The van der Waals surface area contributed by atoms with Crippen LogP contribution >= 0.6 is 15.9 Å². The van der Waals surface area contributed by atoms with E-state index in [4.69, 9.17) is 10.9 Å². The molecule has 4 N–H and O–H groups in total. The van der Waals surface area contributed by atoms with Gasteiger partial charge in [0.2, 0.25) is 0 Å². The first-order chi connectivity index (χ1) is 7.65. The Morgan fingerprint density at radius 1 is 1.69 bits per heavy atom. The van der Waals surface area contributed by atoms with Gasteiger partial charge >= 0.3 is 0 Å². The zero-order valence-corrected chi connectivity index (χ0v) is 10.2. The number of pyridine rings is 1. The number of rotatable bonds is 5. The largest absolute Gasteiger partial charge is 0.409 e. The molecule has 16 heavy (non-hydrogen) atoms. The molecule has 0 aliphatic heterocycles. The molecule has 1 aromatic rings. The van der Waals surface area contributed by atoms with Gasteiger partial charge in [-0.25, -0.2) is 0 Å². The van der Waals surface area contributed by atoms with Gasteiger partial charge in [-0.05, 0) is 11.6 Å². The Hall–Kier alpha value is -1.40. The van der Waals surface area contributed by atoms with Crippen molar-refractivity contribution in [3.63, 3.8) is 0 Å². The minimum atomic E-state index is 0.00932. The van der Waals surface area contributed by atoms with Gasteiger partial charge in [-0.15, -0.1) is 0 Å². The standard InChI is InChI=1S/C10H13BrN4O/c1-7(11)5-13-6-8-3-2-4-14-9(8)10(12)15-16/h2-4,13,16H,1,5-6H2,(H2,12,15). The summed E-state index contributed by atoms with van der Waals surface area (Å²) in [5, 5.41) is 14.7. The molecule has 6 heteroatoms. The lowest BCUT2D eigenvalue weighted by molar-refractivity contribution is 0.318. The topological polar surface area (TPSA) is 83.5 Å². The third-order valence-electron chi connectivity index (χ3n) is 1.87. The molecule has 0 fully saturated rings. The number of nitrogens with zero attached hydrogens (tertiary/aromatic N) is 2. The number of aromatic nitrogens is 1. The minimum Gasteiger partial charge on any atom is -0.409 e. The van der Waals surface area contributed by atoms with E-state index in [2.05, 4.69) is 38.0 Å². The van der Waals surface area contributed by atoms with Crippen molar-refractivity contribution in [1.82, 2.24) is 10.3 Å². The molecular weight excluding hydrogens is 272 g/mol. The molecule has 0 aliphatic rings. The van der Waals surface area contributed by atoms with Crippen molar-refractivity contribution in [2.24, 2.45) is 10.9 Å². The van der Waals surface area contributed by atoms with Gasteiger partial charge in [0.1, 0.15) is 5.69 Å². The van der Waals surface area contributed by atoms with Crippen molar-refractivity contribution in [2.45, 2.75) is 6.54 Å². The second-order valence-corrected chi connectivity index (χ2v) is 4.24. The Bertz CT molecular complexity index is 406. The first kappa shape index (κ1) is 12.7. The Balaban J connectivity index is 2.75. The van der Waals surface area contributed by atoms with Gasteiger partial charge in [-0.3, -0.25) is 4.98 Å². The molecule has 1 rings (SSSR count).